The molecule has 0 saturated heterocycles. The smallest absolute Gasteiger partial charge is 0.303 e. The Bertz CT molecular complexity index is 369. The van der Waals surface area contributed by atoms with E-state index in [2.05, 4.69) is 31.9 Å². The summed E-state index contributed by atoms with van der Waals surface area (Å²) in [5.74, 6) is -1.52. The van der Waals surface area contributed by atoms with Crippen LogP contribution in [0, 0.1) is 0 Å². The summed E-state index contributed by atoms with van der Waals surface area (Å²) in [5, 5.41) is 57.4. The standard InChI is InChI=1S/C9H16O4.C4H6Br2O2.C3H8O3/c10-8(11)6-4-2-1-3-5-7-9(12)13;5-3(1-7)4(6)2-8;4-1-3(6)2-5/h1-7H2,(H,10,11)(H,12,13);7-8H,1-2H2;3-6H,1-2H2/b;4-3+;. The number of aliphatic hydroxyl groups excluding tert-OH is 5. The van der Waals surface area contributed by atoms with E-state index in [1.165, 1.54) is 0 Å². The first-order chi connectivity index (χ1) is 12.7. The van der Waals surface area contributed by atoms with Crippen molar-refractivity contribution in [1.29, 1.82) is 0 Å². The van der Waals surface area contributed by atoms with Gasteiger partial charge in [0.1, 0.15) is 6.10 Å². The number of rotatable bonds is 12. The van der Waals surface area contributed by atoms with Crippen molar-refractivity contribution in [3.63, 3.8) is 0 Å². The van der Waals surface area contributed by atoms with Crippen molar-refractivity contribution in [2.45, 2.75) is 51.0 Å². The molecule has 0 aliphatic carbocycles. The van der Waals surface area contributed by atoms with Crippen LogP contribution in [0.25, 0.3) is 0 Å². The van der Waals surface area contributed by atoms with Gasteiger partial charge in [0.25, 0.3) is 0 Å². The first-order valence-corrected chi connectivity index (χ1v) is 9.82. The zero-order valence-electron chi connectivity index (χ0n) is 15.1. The maximum absolute atomic E-state index is 10.1. The lowest BCUT2D eigenvalue weighted by Gasteiger charge is -1.97. The Morgan fingerprint density at radius 2 is 0.963 bits per heavy atom. The molecule has 0 saturated carbocycles. The predicted octanol–water partition coefficient (Wildman–Crippen LogP) is 1.19. The predicted molar refractivity (Wildman–Crippen MR) is 107 cm³/mol. The Balaban J connectivity index is -0.000000351. The molecule has 162 valence electrons. The van der Waals surface area contributed by atoms with Gasteiger partial charge in [-0.2, -0.15) is 0 Å². The summed E-state index contributed by atoms with van der Waals surface area (Å²) in [4.78, 5) is 20.2. The van der Waals surface area contributed by atoms with Gasteiger partial charge in [0.15, 0.2) is 0 Å². The summed E-state index contributed by atoms with van der Waals surface area (Å²) < 4.78 is 1.17. The van der Waals surface area contributed by atoms with Crippen molar-refractivity contribution in [2.75, 3.05) is 26.4 Å². The minimum atomic E-state index is -0.954. The van der Waals surface area contributed by atoms with Crippen molar-refractivity contribution >= 4 is 43.8 Å². The van der Waals surface area contributed by atoms with Gasteiger partial charge in [-0.3, -0.25) is 9.59 Å². The monoisotopic (exact) mass is 524 g/mol. The number of aliphatic carboxylic acids is 2. The second kappa shape index (κ2) is 23.5. The van der Waals surface area contributed by atoms with Gasteiger partial charge in [0, 0.05) is 21.8 Å². The summed E-state index contributed by atoms with van der Waals surface area (Å²) in [5.41, 5.74) is 0. The molecule has 0 spiro atoms. The zero-order chi connectivity index (χ0) is 21.7. The molecule has 0 bridgehead atoms. The van der Waals surface area contributed by atoms with Crippen LogP contribution >= 0.6 is 31.9 Å². The number of carboxylic acids is 2. The molecule has 0 aromatic rings. The lowest BCUT2D eigenvalue weighted by Crippen LogP contribution is -2.15. The normalized spacial score (nSPS) is 11.0. The minimum absolute atomic E-state index is 0.0822. The van der Waals surface area contributed by atoms with E-state index in [1.54, 1.807) is 0 Å². The molecule has 0 aliphatic heterocycles. The molecule has 0 aromatic heterocycles. The molecule has 0 aliphatic rings. The molecule has 0 radical (unpaired) electrons. The van der Waals surface area contributed by atoms with Crippen LogP contribution in [0.2, 0.25) is 0 Å². The molecular formula is C16H30Br2O9. The van der Waals surface area contributed by atoms with Gasteiger partial charge < -0.3 is 35.7 Å². The van der Waals surface area contributed by atoms with Crippen LogP contribution in [-0.4, -0.2) is 80.2 Å². The molecule has 0 unspecified atom stereocenters. The molecule has 0 heterocycles. The van der Waals surface area contributed by atoms with Gasteiger partial charge in [0.05, 0.1) is 26.4 Å². The number of halogens is 2. The Labute approximate surface area is 175 Å². The number of hydrogen-bond acceptors (Lipinski definition) is 7. The summed E-state index contributed by atoms with van der Waals surface area (Å²) in [6.07, 6.45) is 3.58. The van der Waals surface area contributed by atoms with E-state index in [4.69, 9.17) is 35.7 Å². The second-order valence-corrected chi connectivity index (χ2v) is 7.11. The van der Waals surface area contributed by atoms with Crippen LogP contribution in [0.15, 0.2) is 8.96 Å². The molecular weight excluding hydrogens is 496 g/mol. The fraction of sp³-hybridized carbons (Fsp3) is 0.750. The van der Waals surface area contributed by atoms with Gasteiger partial charge in [-0.25, -0.2) is 0 Å². The number of aliphatic hydroxyl groups is 5. The van der Waals surface area contributed by atoms with Gasteiger partial charge >= 0.3 is 11.9 Å². The van der Waals surface area contributed by atoms with Crippen molar-refractivity contribution in [3.8, 4) is 0 Å². The molecule has 0 rings (SSSR count). The highest BCUT2D eigenvalue weighted by Crippen LogP contribution is 2.15. The third-order valence-corrected chi connectivity index (χ3v) is 4.77. The van der Waals surface area contributed by atoms with E-state index in [0.717, 1.165) is 19.3 Å². The van der Waals surface area contributed by atoms with Crippen LogP contribution in [0.1, 0.15) is 44.9 Å². The van der Waals surface area contributed by atoms with Crippen LogP contribution in [0.3, 0.4) is 0 Å². The van der Waals surface area contributed by atoms with Crippen LogP contribution in [0.5, 0.6) is 0 Å². The molecule has 0 atom stereocenters. The fourth-order valence-electron chi connectivity index (χ4n) is 1.31. The van der Waals surface area contributed by atoms with Gasteiger partial charge in [-0.05, 0) is 12.8 Å². The topological polar surface area (TPSA) is 176 Å². The average molecular weight is 526 g/mol. The molecule has 0 fully saturated rings. The number of carbonyl (C=O) groups is 2. The van der Waals surface area contributed by atoms with Crippen LogP contribution < -0.4 is 0 Å². The maximum atomic E-state index is 10.1. The SMILES string of the molecule is O=C(O)CCCCCCCC(=O)O.OC/C(Br)=C(\Br)CO.OCC(O)CO. The lowest BCUT2D eigenvalue weighted by molar-refractivity contribution is -0.138. The van der Waals surface area contributed by atoms with Crippen LogP contribution in [-0.2, 0) is 9.59 Å². The lowest BCUT2D eigenvalue weighted by atomic mass is 10.1. The molecule has 27 heavy (non-hydrogen) atoms. The first-order valence-electron chi connectivity index (χ1n) is 8.24. The molecule has 7 N–H and O–H groups in total. The van der Waals surface area contributed by atoms with E-state index in [0.29, 0.717) is 21.8 Å². The van der Waals surface area contributed by atoms with Gasteiger partial charge in [0.2, 0.25) is 0 Å². The van der Waals surface area contributed by atoms with Crippen molar-refractivity contribution in [3.05, 3.63) is 8.96 Å². The average Bonchev–Trinajstić information content (AvgIpc) is 2.65. The minimum Gasteiger partial charge on any atom is -0.481 e. The molecule has 0 amide bonds. The molecule has 9 nitrogen and oxygen atoms in total. The quantitative estimate of drug-likeness (QED) is 0.184. The Kier molecular flexibility index (Phi) is 27.1. The van der Waals surface area contributed by atoms with E-state index in [-0.39, 0.29) is 39.3 Å². The summed E-state index contributed by atoms with van der Waals surface area (Å²) in [7, 11) is 0. The molecule has 11 heteroatoms. The number of hydrogen-bond donors (Lipinski definition) is 7. The largest absolute Gasteiger partial charge is 0.481 e. The highest BCUT2D eigenvalue weighted by Gasteiger charge is 1.98. The summed E-state index contributed by atoms with van der Waals surface area (Å²) >= 11 is 6.05. The Morgan fingerprint density at radius 1 is 0.667 bits per heavy atom. The number of carboxylic acid groups (broad SMARTS) is 2. The van der Waals surface area contributed by atoms with Crippen molar-refractivity contribution in [1.82, 2.24) is 0 Å². The Morgan fingerprint density at radius 3 is 1.15 bits per heavy atom. The first kappa shape index (κ1) is 31.1. The highest BCUT2D eigenvalue weighted by atomic mass is 79.9. The van der Waals surface area contributed by atoms with Crippen molar-refractivity contribution < 1.29 is 45.3 Å². The highest BCUT2D eigenvalue weighted by molar-refractivity contribution is 9.14. The van der Waals surface area contributed by atoms with E-state index in [9.17, 15) is 9.59 Å². The van der Waals surface area contributed by atoms with Crippen molar-refractivity contribution in [2.24, 2.45) is 0 Å². The Hall–Kier alpha value is -0.560. The summed E-state index contributed by atoms with van der Waals surface area (Å²) in [6, 6.07) is 0. The number of unbranched alkanes of at least 4 members (excludes halogenated alkanes) is 4. The van der Waals surface area contributed by atoms with E-state index in [1.807, 2.05) is 0 Å². The third-order valence-electron chi connectivity index (χ3n) is 2.77. The van der Waals surface area contributed by atoms with Gasteiger partial charge in [-0.1, -0.05) is 51.1 Å². The fourth-order valence-corrected chi connectivity index (χ4v) is 1.56. The second-order valence-electron chi connectivity index (χ2n) is 5.20. The van der Waals surface area contributed by atoms with Crippen LogP contribution in [0.4, 0.5) is 0 Å². The van der Waals surface area contributed by atoms with E-state index < -0.39 is 18.0 Å². The van der Waals surface area contributed by atoms with E-state index >= 15 is 0 Å². The third kappa shape index (κ3) is 30.4. The zero-order valence-corrected chi connectivity index (χ0v) is 18.2. The molecule has 0 aromatic carbocycles. The summed E-state index contributed by atoms with van der Waals surface area (Å²) in [6.45, 7) is -0.894. The van der Waals surface area contributed by atoms with Gasteiger partial charge in [-0.15, -0.1) is 0 Å². The maximum Gasteiger partial charge on any atom is 0.303 e.